The first-order valence-electron chi connectivity index (χ1n) is 2.96. The van der Waals surface area contributed by atoms with Crippen LogP contribution in [-0.2, 0) is 0 Å². The molecule has 0 spiro atoms. The van der Waals surface area contributed by atoms with E-state index in [-0.39, 0.29) is 0 Å². The molecule has 0 amide bonds. The smallest absolute Gasteiger partial charge is 0.157 e. The van der Waals surface area contributed by atoms with Crippen LogP contribution >= 0.6 is 0 Å². The van der Waals surface area contributed by atoms with Crippen LogP contribution in [0.2, 0.25) is 0 Å². The molecule has 10 heavy (non-hydrogen) atoms. The Kier molecular flexibility index (Phi) is 3.47. The van der Waals surface area contributed by atoms with Gasteiger partial charge in [-0.15, -0.1) is 0 Å². The van der Waals surface area contributed by atoms with Crippen LogP contribution in [0.1, 0.15) is 13.8 Å². The molecule has 0 aromatic heterocycles. The summed E-state index contributed by atoms with van der Waals surface area (Å²) >= 11 is 0. The first kappa shape index (κ1) is 8.95. The van der Waals surface area contributed by atoms with Crippen molar-refractivity contribution in [2.75, 3.05) is 0 Å². The summed E-state index contributed by atoms with van der Waals surface area (Å²) in [4.78, 5) is 0. The Morgan fingerprint density at radius 2 is 2.10 bits per heavy atom. The minimum Gasteiger partial charge on any atom is -0.505 e. The number of rotatable bonds is 2. The molecule has 0 aliphatic carbocycles. The second-order valence-electron chi connectivity index (χ2n) is 1.97. The quantitative estimate of drug-likeness (QED) is 0.464. The minimum atomic E-state index is -0.804. The van der Waals surface area contributed by atoms with Gasteiger partial charge in [-0.2, -0.15) is 0 Å². The highest BCUT2D eigenvalue weighted by Crippen LogP contribution is 2.07. The molecular weight excluding hydrogens is 131 g/mol. The SMILES string of the molecule is C=C(F)/C(O)=C\C(C)=C/C. The zero-order chi connectivity index (χ0) is 8.15. The molecule has 0 radical (unpaired) electrons. The summed E-state index contributed by atoms with van der Waals surface area (Å²) in [5.74, 6) is -1.21. The zero-order valence-electron chi connectivity index (χ0n) is 6.19. The molecule has 1 nitrogen and oxygen atoms in total. The van der Waals surface area contributed by atoms with Crippen LogP contribution in [-0.4, -0.2) is 5.11 Å². The summed E-state index contributed by atoms with van der Waals surface area (Å²) in [6.07, 6.45) is 3.08. The predicted molar refractivity (Wildman–Crippen MR) is 40.4 cm³/mol. The van der Waals surface area contributed by atoms with Crippen LogP contribution in [0.5, 0.6) is 0 Å². The lowest BCUT2D eigenvalue weighted by Gasteiger charge is -1.93. The Balaban J connectivity index is 4.31. The fraction of sp³-hybridized carbons (Fsp3) is 0.250. The number of aliphatic hydroxyl groups excluding tert-OH is 1. The fourth-order valence-corrected chi connectivity index (χ4v) is 0.377. The Labute approximate surface area is 60.2 Å². The molecule has 0 bridgehead atoms. The zero-order valence-corrected chi connectivity index (χ0v) is 6.19. The molecule has 0 saturated heterocycles. The van der Waals surface area contributed by atoms with E-state index in [1.54, 1.807) is 19.9 Å². The van der Waals surface area contributed by atoms with Crippen molar-refractivity contribution in [3.8, 4) is 0 Å². The van der Waals surface area contributed by atoms with Gasteiger partial charge in [0.25, 0.3) is 0 Å². The maximum atomic E-state index is 12.1. The molecule has 0 saturated carbocycles. The summed E-state index contributed by atoms with van der Waals surface area (Å²) in [6, 6.07) is 0. The van der Waals surface area contributed by atoms with Gasteiger partial charge in [-0.3, -0.25) is 0 Å². The van der Waals surface area contributed by atoms with Crippen LogP contribution in [0, 0.1) is 0 Å². The molecule has 0 aliphatic rings. The Hall–Kier alpha value is -1.05. The van der Waals surface area contributed by atoms with E-state index in [0.717, 1.165) is 5.57 Å². The van der Waals surface area contributed by atoms with Gasteiger partial charge in [-0.05, 0) is 19.9 Å². The number of hydrogen-bond acceptors (Lipinski definition) is 1. The maximum absolute atomic E-state index is 12.1. The van der Waals surface area contributed by atoms with Gasteiger partial charge in [0.15, 0.2) is 11.6 Å². The van der Waals surface area contributed by atoms with Gasteiger partial charge in [0.2, 0.25) is 0 Å². The summed E-state index contributed by atoms with van der Waals surface area (Å²) in [5, 5.41) is 8.77. The third-order valence-electron chi connectivity index (χ3n) is 1.10. The monoisotopic (exact) mass is 142 g/mol. The highest BCUT2D eigenvalue weighted by Gasteiger charge is 1.95. The van der Waals surface area contributed by atoms with E-state index >= 15 is 0 Å². The lowest BCUT2D eigenvalue weighted by Crippen LogP contribution is -1.80. The highest BCUT2D eigenvalue weighted by molar-refractivity contribution is 5.25. The van der Waals surface area contributed by atoms with Gasteiger partial charge in [-0.25, -0.2) is 4.39 Å². The topological polar surface area (TPSA) is 20.2 Å². The Bertz CT molecular complexity index is 189. The van der Waals surface area contributed by atoms with E-state index in [4.69, 9.17) is 5.11 Å². The van der Waals surface area contributed by atoms with Crippen LogP contribution in [0.15, 0.2) is 35.9 Å². The predicted octanol–water partition coefficient (Wildman–Crippen LogP) is 2.88. The lowest BCUT2D eigenvalue weighted by atomic mass is 10.2. The largest absolute Gasteiger partial charge is 0.505 e. The average Bonchev–Trinajstić information content (AvgIpc) is 1.87. The van der Waals surface area contributed by atoms with Crippen molar-refractivity contribution in [2.45, 2.75) is 13.8 Å². The molecule has 56 valence electrons. The number of allylic oxidation sites excluding steroid dienone is 4. The number of halogens is 1. The van der Waals surface area contributed by atoms with Crippen LogP contribution in [0.4, 0.5) is 4.39 Å². The number of hydrogen-bond donors (Lipinski definition) is 1. The third-order valence-corrected chi connectivity index (χ3v) is 1.10. The van der Waals surface area contributed by atoms with Crippen molar-refractivity contribution >= 4 is 0 Å². The van der Waals surface area contributed by atoms with Crippen LogP contribution < -0.4 is 0 Å². The molecular formula is C8H11FO. The summed E-state index contributed by atoms with van der Waals surface area (Å²) in [6.45, 7) is 6.50. The Morgan fingerprint density at radius 1 is 1.60 bits per heavy atom. The first-order valence-corrected chi connectivity index (χ1v) is 2.96. The van der Waals surface area contributed by atoms with Crippen molar-refractivity contribution in [3.63, 3.8) is 0 Å². The standard InChI is InChI=1S/C8H11FO/c1-4-6(2)5-8(10)7(3)9/h4-5,10H,3H2,1-2H3/b6-4-,8-5+. The number of aliphatic hydroxyl groups is 1. The average molecular weight is 142 g/mol. The molecule has 2 heteroatoms. The van der Waals surface area contributed by atoms with Crippen molar-refractivity contribution in [1.29, 1.82) is 0 Å². The van der Waals surface area contributed by atoms with Crippen molar-refractivity contribution in [1.82, 2.24) is 0 Å². The van der Waals surface area contributed by atoms with Gasteiger partial charge in [0, 0.05) is 0 Å². The first-order chi connectivity index (χ1) is 4.57. The van der Waals surface area contributed by atoms with Crippen molar-refractivity contribution < 1.29 is 9.50 Å². The van der Waals surface area contributed by atoms with Crippen LogP contribution in [0.3, 0.4) is 0 Å². The molecule has 0 rings (SSSR count). The summed E-state index contributed by atoms with van der Waals surface area (Å²) < 4.78 is 12.1. The van der Waals surface area contributed by atoms with Gasteiger partial charge < -0.3 is 5.11 Å². The van der Waals surface area contributed by atoms with Gasteiger partial charge in [-0.1, -0.05) is 18.2 Å². The lowest BCUT2D eigenvalue weighted by molar-refractivity contribution is 0.390. The van der Waals surface area contributed by atoms with E-state index in [0.29, 0.717) is 0 Å². The highest BCUT2D eigenvalue weighted by atomic mass is 19.1. The molecule has 1 N–H and O–H groups in total. The molecule has 0 aromatic rings. The molecule has 0 aromatic carbocycles. The molecule has 0 heterocycles. The molecule has 0 aliphatic heterocycles. The molecule has 0 fully saturated rings. The van der Waals surface area contributed by atoms with Gasteiger partial charge in [0.05, 0.1) is 0 Å². The van der Waals surface area contributed by atoms with E-state index in [1.165, 1.54) is 6.08 Å². The third kappa shape index (κ3) is 3.07. The second kappa shape index (κ2) is 3.88. The normalized spacial score (nSPS) is 13.5. The fourth-order valence-electron chi connectivity index (χ4n) is 0.377. The van der Waals surface area contributed by atoms with Gasteiger partial charge >= 0.3 is 0 Å². The maximum Gasteiger partial charge on any atom is 0.157 e. The molecule has 0 unspecified atom stereocenters. The van der Waals surface area contributed by atoms with E-state index in [9.17, 15) is 4.39 Å². The van der Waals surface area contributed by atoms with E-state index < -0.39 is 11.6 Å². The van der Waals surface area contributed by atoms with Crippen LogP contribution in [0.25, 0.3) is 0 Å². The van der Waals surface area contributed by atoms with Crippen molar-refractivity contribution in [3.05, 3.63) is 35.9 Å². The van der Waals surface area contributed by atoms with E-state index in [1.807, 2.05) is 0 Å². The van der Waals surface area contributed by atoms with Gasteiger partial charge in [0.1, 0.15) is 0 Å². The second-order valence-corrected chi connectivity index (χ2v) is 1.97. The summed E-state index contributed by atoms with van der Waals surface area (Å²) in [7, 11) is 0. The Morgan fingerprint density at radius 3 is 2.40 bits per heavy atom. The molecule has 0 atom stereocenters. The summed E-state index contributed by atoms with van der Waals surface area (Å²) in [5.41, 5.74) is 0.802. The minimum absolute atomic E-state index is 0.407. The van der Waals surface area contributed by atoms with Crippen molar-refractivity contribution in [2.24, 2.45) is 0 Å². The van der Waals surface area contributed by atoms with E-state index in [2.05, 4.69) is 6.58 Å².